The van der Waals surface area contributed by atoms with Crippen molar-refractivity contribution in [3.8, 4) is 0 Å². The van der Waals surface area contributed by atoms with Gasteiger partial charge >= 0.3 is 0 Å². The molecule has 1 unspecified atom stereocenters. The fourth-order valence-electron chi connectivity index (χ4n) is 2.48. The molecule has 7 heteroatoms. The Morgan fingerprint density at radius 1 is 1.05 bits per heavy atom. The van der Waals surface area contributed by atoms with Gasteiger partial charge in [-0.2, -0.15) is 10.6 Å². The van der Waals surface area contributed by atoms with Gasteiger partial charge in [-0.25, -0.2) is 8.42 Å². The van der Waals surface area contributed by atoms with Crippen LogP contribution in [0.4, 0.5) is 0 Å². The first-order valence-electron chi connectivity index (χ1n) is 6.17. The Hall–Kier alpha value is -1.05. The van der Waals surface area contributed by atoms with Gasteiger partial charge in [-0.1, -0.05) is 29.8 Å². The summed E-state index contributed by atoms with van der Waals surface area (Å²) in [6.45, 7) is 0. The molecule has 0 spiro atoms. The molecule has 1 aliphatic rings. The molecule has 112 valence electrons. The average Bonchev–Trinajstić information content (AvgIpc) is 2.73. The van der Waals surface area contributed by atoms with E-state index >= 15 is 0 Å². The molecule has 0 fully saturated rings. The molecule has 0 amide bonds. The van der Waals surface area contributed by atoms with Gasteiger partial charge in [0.2, 0.25) is 0 Å². The van der Waals surface area contributed by atoms with Crippen molar-refractivity contribution in [3.05, 3.63) is 59.1 Å². The summed E-state index contributed by atoms with van der Waals surface area (Å²) in [5.41, 5.74) is 0.465. The van der Waals surface area contributed by atoms with Gasteiger partial charge in [0.1, 0.15) is 5.25 Å². The van der Waals surface area contributed by atoms with Crippen LogP contribution >= 0.6 is 22.2 Å². The molecule has 21 heavy (non-hydrogen) atoms. The van der Waals surface area contributed by atoms with E-state index in [0.717, 1.165) is 0 Å². The van der Waals surface area contributed by atoms with E-state index in [-0.39, 0.29) is 10.6 Å². The second-order valence-electron chi connectivity index (χ2n) is 4.86. The van der Waals surface area contributed by atoms with E-state index in [4.69, 9.17) is 11.6 Å². The third kappa shape index (κ3) is 2.47. The minimum absolute atomic E-state index is 0.129. The maximum absolute atomic E-state index is 12.7. The highest BCUT2D eigenvalue weighted by Gasteiger charge is 2.42. The molecule has 1 heterocycles. The Morgan fingerprint density at radius 3 is 2.33 bits per heavy atom. The fourth-order valence-corrected chi connectivity index (χ4v) is 7.02. The monoisotopic (exact) mass is 344 g/mol. The summed E-state index contributed by atoms with van der Waals surface area (Å²) in [6.07, 6.45) is 0. The predicted octanol–water partition coefficient (Wildman–Crippen LogP) is 3.98. The van der Waals surface area contributed by atoms with Crippen LogP contribution in [0.1, 0.15) is 10.8 Å². The third-order valence-corrected chi connectivity index (χ3v) is 7.95. The lowest BCUT2D eigenvalue weighted by molar-refractivity contribution is 0.491. The molecular weight excluding hydrogens is 332 g/mol. The summed E-state index contributed by atoms with van der Waals surface area (Å²) in [7, 11) is -6.76. The molecule has 2 N–H and O–H groups in total. The first kappa shape index (κ1) is 14.9. The average molecular weight is 345 g/mol. The second-order valence-corrected chi connectivity index (χ2v) is 9.53. The van der Waals surface area contributed by atoms with E-state index in [0.29, 0.717) is 15.5 Å². The van der Waals surface area contributed by atoms with Crippen molar-refractivity contribution < 1.29 is 17.5 Å². The smallest absolute Gasteiger partial charge is 0.187 e. The highest BCUT2D eigenvalue weighted by molar-refractivity contribution is 8.25. The number of sulfone groups is 1. The Balaban J connectivity index is 2.11. The van der Waals surface area contributed by atoms with Gasteiger partial charge in [0.15, 0.2) is 9.84 Å². The van der Waals surface area contributed by atoms with Gasteiger partial charge in [0.25, 0.3) is 0 Å². The van der Waals surface area contributed by atoms with Gasteiger partial charge in [0.05, 0.1) is 15.5 Å². The molecule has 0 saturated carbocycles. The van der Waals surface area contributed by atoms with Crippen LogP contribution in [0.3, 0.4) is 0 Å². The number of fused-ring (bicyclic) bond motifs is 1. The van der Waals surface area contributed by atoms with Crippen LogP contribution < -0.4 is 0 Å². The SMILES string of the molecule is O=S(=O)(c1ccc(Cl)cc1)C1CS(O)(O)c2ccccc21. The van der Waals surface area contributed by atoms with Crippen molar-refractivity contribution in [2.24, 2.45) is 0 Å². The summed E-state index contributed by atoms with van der Waals surface area (Å²) in [5, 5.41) is -0.495. The van der Waals surface area contributed by atoms with Crippen molar-refractivity contribution in [1.29, 1.82) is 0 Å². The normalized spacial score (nSPS) is 21.8. The maximum Gasteiger partial charge on any atom is 0.187 e. The zero-order valence-corrected chi connectivity index (χ0v) is 13.2. The molecule has 1 atom stereocenters. The Labute approximate surface area is 129 Å². The minimum Gasteiger partial charge on any atom is -0.295 e. The van der Waals surface area contributed by atoms with Crippen LogP contribution in [0.25, 0.3) is 0 Å². The molecule has 4 nitrogen and oxygen atoms in total. The molecule has 0 aromatic heterocycles. The standard InChI is InChI=1S/C14H13ClO4S2/c15-10-5-7-11(8-6-10)21(18,19)14-9-20(16,17)13-4-2-1-3-12(13)14/h1-8,14,16-17H,9H2. The highest BCUT2D eigenvalue weighted by atomic mass is 35.5. The number of rotatable bonds is 2. The number of hydrogen-bond acceptors (Lipinski definition) is 4. The van der Waals surface area contributed by atoms with Gasteiger partial charge in [-0.15, -0.1) is 0 Å². The van der Waals surface area contributed by atoms with Crippen LogP contribution in [0.2, 0.25) is 5.02 Å². The predicted molar refractivity (Wildman–Crippen MR) is 83.8 cm³/mol. The van der Waals surface area contributed by atoms with Crippen LogP contribution in [-0.2, 0) is 9.84 Å². The highest BCUT2D eigenvalue weighted by Crippen LogP contribution is 2.61. The fraction of sp³-hybridized carbons (Fsp3) is 0.143. The van der Waals surface area contributed by atoms with Crippen LogP contribution in [0.15, 0.2) is 58.3 Å². The van der Waals surface area contributed by atoms with E-state index in [2.05, 4.69) is 0 Å². The second kappa shape index (κ2) is 5.00. The molecule has 3 rings (SSSR count). The zero-order chi connectivity index (χ0) is 15.3. The zero-order valence-electron chi connectivity index (χ0n) is 10.8. The van der Waals surface area contributed by atoms with Crippen molar-refractivity contribution in [2.75, 3.05) is 5.75 Å². The Morgan fingerprint density at radius 2 is 1.67 bits per heavy atom. The number of benzene rings is 2. The molecule has 0 saturated heterocycles. The summed E-state index contributed by atoms with van der Waals surface area (Å²) in [6, 6.07) is 12.5. The largest absolute Gasteiger partial charge is 0.295 e. The summed E-state index contributed by atoms with van der Waals surface area (Å²) in [5.74, 6) is -0.197. The third-order valence-electron chi connectivity index (χ3n) is 3.52. The first-order chi connectivity index (χ1) is 9.82. The molecule has 1 aliphatic heterocycles. The summed E-state index contributed by atoms with van der Waals surface area (Å²) >= 11 is 5.78. The minimum atomic E-state index is -3.70. The maximum atomic E-state index is 12.7. The van der Waals surface area contributed by atoms with Crippen LogP contribution in [0, 0.1) is 0 Å². The van der Waals surface area contributed by atoms with Crippen molar-refractivity contribution in [1.82, 2.24) is 0 Å². The quantitative estimate of drug-likeness (QED) is 0.864. The van der Waals surface area contributed by atoms with Gasteiger partial charge < -0.3 is 0 Å². The molecule has 2 aromatic rings. The van der Waals surface area contributed by atoms with E-state index in [1.165, 1.54) is 24.3 Å². The van der Waals surface area contributed by atoms with Crippen molar-refractivity contribution >= 4 is 32.0 Å². The van der Waals surface area contributed by atoms with Crippen LogP contribution in [-0.4, -0.2) is 23.3 Å². The molecule has 2 aromatic carbocycles. The lowest BCUT2D eigenvalue weighted by Gasteiger charge is -2.27. The molecule has 0 aliphatic carbocycles. The molecule has 0 radical (unpaired) electrons. The number of halogens is 1. The van der Waals surface area contributed by atoms with E-state index < -0.39 is 25.7 Å². The Bertz CT molecular complexity index is 785. The van der Waals surface area contributed by atoms with Crippen molar-refractivity contribution in [3.63, 3.8) is 0 Å². The van der Waals surface area contributed by atoms with E-state index in [1.54, 1.807) is 24.3 Å². The lowest BCUT2D eigenvalue weighted by Crippen LogP contribution is -2.15. The van der Waals surface area contributed by atoms with E-state index in [9.17, 15) is 17.5 Å². The van der Waals surface area contributed by atoms with Crippen LogP contribution in [0.5, 0.6) is 0 Å². The van der Waals surface area contributed by atoms with Gasteiger partial charge in [-0.3, -0.25) is 9.11 Å². The summed E-state index contributed by atoms with van der Waals surface area (Å²) < 4.78 is 45.7. The molecular formula is C14H13ClO4S2. The topological polar surface area (TPSA) is 74.6 Å². The lowest BCUT2D eigenvalue weighted by atomic mass is 10.2. The van der Waals surface area contributed by atoms with Crippen molar-refractivity contribution in [2.45, 2.75) is 15.0 Å². The van der Waals surface area contributed by atoms with E-state index in [1.807, 2.05) is 0 Å². The summed E-state index contributed by atoms with van der Waals surface area (Å²) in [4.78, 5) is 0.455. The van der Waals surface area contributed by atoms with Gasteiger partial charge in [0, 0.05) is 5.02 Å². The Kier molecular flexibility index (Phi) is 3.54. The van der Waals surface area contributed by atoms with Gasteiger partial charge in [-0.05, 0) is 35.9 Å². The first-order valence-corrected chi connectivity index (χ1v) is 9.81. The molecule has 0 bridgehead atoms. The number of hydrogen-bond donors (Lipinski definition) is 2.